The van der Waals surface area contributed by atoms with Crippen LogP contribution in [-0.2, 0) is 15.6 Å². The lowest BCUT2D eigenvalue weighted by Crippen LogP contribution is -2.58. The second kappa shape index (κ2) is 6.74. The van der Waals surface area contributed by atoms with E-state index >= 15 is 0 Å². The predicted molar refractivity (Wildman–Crippen MR) is 99.2 cm³/mol. The lowest BCUT2D eigenvalue weighted by molar-refractivity contribution is -0.0500. The summed E-state index contributed by atoms with van der Waals surface area (Å²) in [7, 11) is -3.97. The van der Waals surface area contributed by atoms with Gasteiger partial charge in [-0.15, -0.1) is 0 Å². The minimum absolute atomic E-state index is 0.0530. The van der Waals surface area contributed by atoms with E-state index in [1.54, 1.807) is 11.0 Å². The molecule has 154 valence electrons. The molecule has 2 aromatic rings. The van der Waals surface area contributed by atoms with Crippen LogP contribution in [0.2, 0.25) is 0 Å². The molecule has 1 fully saturated rings. The summed E-state index contributed by atoms with van der Waals surface area (Å²) in [6.07, 6.45) is 1.53. The zero-order valence-electron chi connectivity index (χ0n) is 15.8. The van der Waals surface area contributed by atoms with Crippen LogP contribution < -0.4 is 4.74 Å². The number of hydrogen-bond donors (Lipinski definition) is 0. The lowest BCUT2D eigenvalue weighted by Gasteiger charge is -2.44. The summed E-state index contributed by atoms with van der Waals surface area (Å²) in [5, 5.41) is 0. The number of aromatic nitrogens is 1. The fourth-order valence-electron chi connectivity index (χ4n) is 4.01. The van der Waals surface area contributed by atoms with Crippen LogP contribution in [0.15, 0.2) is 41.4 Å². The molecule has 1 unspecified atom stereocenters. The molecule has 2 aliphatic heterocycles. The third kappa shape index (κ3) is 3.16. The van der Waals surface area contributed by atoms with Gasteiger partial charge >= 0.3 is 6.61 Å². The van der Waals surface area contributed by atoms with E-state index in [1.165, 1.54) is 28.7 Å². The summed E-state index contributed by atoms with van der Waals surface area (Å²) in [6, 6.07) is 6.85. The van der Waals surface area contributed by atoms with Gasteiger partial charge in [-0.1, -0.05) is 6.07 Å². The van der Waals surface area contributed by atoms with Crippen molar-refractivity contribution < 1.29 is 26.7 Å². The second-order valence-corrected chi connectivity index (χ2v) is 9.23. The highest BCUT2D eigenvalue weighted by Gasteiger charge is 2.51. The summed E-state index contributed by atoms with van der Waals surface area (Å²) < 4.78 is 56.9. The number of amides is 1. The van der Waals surface area contributed by atoms with Crippen LogP contribution in [0.5, 0.6) is 5.75 Å². The van der Waals surface area contributed by atoms with Crippen molar-refractivity contribution >= 4 is 15.9 Å². The van der Waals surface area contributed by atoms with Crippen LogP contribution >= 0.6 is 0 Å². The smallest absolute Gasteiger partial charge is 0.387 e. The van der Waals surface area contributed by atoms with Gasteiger partial charge in [-0.2, -0.15) is 13.1 Å². The highest BCUT2D eigenvalue weighted by Crippen LogP contribution is 2.42. The Hall–Kier alpha value is -2.59. The monoisotopic (exact) mass is 423 g/mol. The minimum Gasteiger partial charge on any atom is -0.435 e. The second-order valence-electron chi connectivity index (χ2n) is 7.29. The van der Waals surface area contributed by atoms with Crippen LogP contribution in [0.3, 0.4) is 0 Å². The van der Waals surface area contributed by atoms with Crippen LogP contribution in [0, 0.1) is 6.92 Å². The molecule has 3 heterocycles. The quantitative estimate of drug-likeness (QED) is 0.754. The molecule has 0 bridgehead atoms. The molecule has 1 amide bonds. The first-order chi connectivity index (χ1) is 13.6. The molecule has 1 aromatic carbocycles. The SMILES string of the molecule is Cc1cc2c(cn1)C(=O)N1CCN(S(=O)(=O)c3cccc(OC(F)F)c3)CC21C. The van der Waals surface area contributed by atoms with E-state index in [-0.39, 0.29) is 36.2 Å². The van der Waals surface area contributed by atoms with Crippen molar-refractivity contribution in [2.45, 2.75) is 30.9 Å². The highest BCUT2D eigenvalue weighted by molar-refractivity contribution is 7.89. The number of carbonyl (C=O) groups is 1. The van der Waals surface area contributed by atoms with Crippen LogP contribution in [0.1, 0.15) is 28.5 Å². The van der Waals surface area contributed by atoms with Crippen molar-refractivity contribution in [3.05, 3.63) is 53.3 Å². The van der Waals surface area contributed by atoms with E-state index in [9.17, 15) is 22.0 Å². The van der Waals surface area contributed by atoms with E-state index in [4.69, 9.17) is 0 Å². The fraction of sp³-hybridized carbons (Fsp3) is 0.368. The number of ether oxygens (including phenoxy) is 1. The number of aryl methyl sites for hydroxylation is 1. The molecule has 4 rings (SSSR count). The Labute approximate surface area is 167 Å². The van der Waals surface area contributed by atoms with Gasteiger partial charge in [0.2, 0.25) is 10.0 Å². The van der Waals surface area contributed by atoms with E-state index in [2.05, 4.69) is 9.72 Å². The third-order valence-electron chi connectivity index (χ3n) is 5.42. The normalized spacial score (nSPS) is 22.0. The molecule has 10 heteroatoms. The number of carbonyl (C=O) groups excluding carboxylic acids is 1. The molecule has 1 aromatic heterocycles. The van der Waals surface area contributed by atoms with Crippen molar-refractivity contribution in [3.8, 4) is 5.75 Å². The summed E-state index contributed by atoms with van der Waals surface area (Å²) in [4.78, 5) is 18.5. The first-order valence-electron chi connectivity index (χ1n) is 8.97. The molecule has 0 saturated carbocycles. The van der Waals surface area contributed by atoms with Gasteiger partial charge in [0.05, 0.1) is 16.0 Å². The standard InChI is InChI=1S/C19H19F2N3O4S/c1-12-8-16-15(10-22-12)17(25)24-7-6-23(11-19(16,24)2)29(26,27)14-5-3-4-13(9-14)28-18(20)21/h3-5,8-10,18H,6-7,11H2,1-2H3. The molecule has 1 atom stereocenters. The maximum absolute atomic E-state index is 13.2. The predicted octanol–water partition coefficient (Wildman–Crippen LogP) is 2.37. The van der Waals surface area contributed by atoms with E-state index in [0.29, 0.717) is 5.56 Å². The highest BCUT2D eigenvalue weighted by atomic mass is 32.2. The van der Waals surface area contributed by atoms with E-state index < -0.39 is 22.2 Å². The van der Waals surface area contributed by atoms with Crippen molar-refractivity contribution in [2.24, 2.45) is 0 Å². The number of benzene rings is 1. The number of alkyl halides is 2. The topological polar surface area (TPSA) is 79.8 Å². The van der Waals surface area contributed by atoms with E-state index in [0.717, 1.165) is 17.3 Å². The Bertz CT molecular complexity index is 1090. The largest absolute Gasteiger partial charge is 0.435 e. The maximum Gasteiger partial charge on any atom is 0.387 e. The average molecular weight is 423 g/mol. The molecule has 29 heavy (non-hydrogen) atoms. The van der Waals surface area contributed by atoms with Gasteiger partial charge in [-0.25, -0.2) is 8.42 Å². The molecule has 7 nitrogen and oxygen atoms in total. The van der Waals surface area contributed by atoms with E-state index in [1.807, 2.05) is 13.8 Å². The Morgan fingerprint density at radius 2 is 2.00 bits per heavy atom. The van der Waals surface area contributed by atoms with Crippen molar-refractivity contribution in [3.63, 3.8) is 0 Å². The summed E-state index contributed by atoms with van der Waals surface area (Å²) in [5.74, 6) is -0.395. The summed E-state index contributed by atoms with van der Waals surface area (Å²) in [5.41, 5.74) is 1.12. The molecular weight excluding hydrogens is 404 g/mol. The van der Waals surface area contributed by atoms with Crippen LogP contribution in [0.4, 0.5) is 8.78 Å². The van der Waals surface area contributed by atoms with Crippen molar-refractivity contribution in [1.29, 1.82) is 0 Å². The van der Waals surface area contributed by atoms with Gasteiger partial charge in [0.25, 0.3) is 5.91 Å². The molecule has 1 saturated heterocycles. The van der Waals surface area contributed by atoms with Gasteiger partial charge in [0, 0.05) is 37.6 Å². The molecule has 0 aliphatic carbocycles. The zero-order chi connectivity index (χ0) is 21.0. The van der Waals surface area contributed by atoms with Gasteiger partial charge < -0.3 is 9.64 Å². The number of rotatable bonds is 4. The van der Waals surface area contributed by atoms with Gasteiger partial charge in [-0.05, 0) is 37.6 Å². The van der Waals surface area contributed by atoms with Crippen molar-refractivity contribution in [2.75, 3.05) is 19.6 Å². The third-order valence-corrected chi connectivity index (χ3v) is 7.26. The number of sulfonamides is 1. The zero-order valence-corrected chi connectivity index (χ0v) is 16.6. The summed E-state index contributed by atoms with van der Waals surface area (Å²) >= 11 is 0. The number of nitrogens with zero attached hydrogens (tertiary/aromatic N) is 3. The number of piperazine rings is 1. The Kier molecular flexibility index (Phi) is 4.58. The van der Waals surface area contributed by atoms with Crippen LogP contribution in [-0.4, -0.2) is 54.8 Å². The Balaban J connectivity index is 1.69. The first-order valence-corrected chi connectivity index (χ1v) is 10.4. The first kappa shape index (κ1) is 19.7. The number of fused-ring (bicyclic) bond motifs is 3. The Morgan fingerprint density at radius 3 is 2.72 bits per heavy atom. The lowest BCUT2D eigenvalue weighted by atomic mass is 9.90. The molecular formula is C19H19F2N3O4S. The molecule has 0 N–H and O–H groups in total. The average Bonchev–Trinajstić information content (AvgIpc) is 2.88. The van der Waals surface area contributed by atoms with Gasteiger partial charge in [0.15, 0.2) is 0 Å². The minimum atomic E-state index is -3.97. The Morgan fingerprint density at radius 1 is 1.24 bits per heavy atom. The molecule has 0 spiro atoms. The maximum atomic E-state index is 13.2. The number of pyridine rings is 1. The van der Waals surface area contributed by atoms with Gasteiger partial charge in [-0.3, -0.25) is 9.78 Å². The molecule has 2 aliphatic rings. The number of halogens is 2. The fourth-order valence-corrected chi connectivity index (χ4v) is 5.57. The van der Waals surface area contributed by atoms with Gasteiger partial charge in [0.1, 0.15) is 5.75 Å². The summed E-state index contributed by atoms with van der Waals surface area (Å²) in [6.45, 7) is 0.960. The van der Waals surface area contributed by atoms with Crippen molar-refractivity contribution in [1.82, 2.24) is 14.2 Å². The molecule has 0 radical (unpaired) electrons. The van der Waals surface area contributed by atoms with Crippen LogP contribution in [0.25, 0.3) is 0 Å². The number of hydrogen-bond acceptors (Lipinski definition) is 5.